The van der Waals surface area contributed by atoms with E-state index in [1.54, 1.807) is 32.6 Å². The fraction of sp³-hybridized carbons (Fsp3) is 0.515. The van der Waals surface area contributed by atoms with E-state index in [0.717, 1.165) is 16.7 Å². The van der Waals surface area contributed by atoms with Crippen LogP contribution in [0.25, 0.3) is 0 Å². The van der Waals surface area contributed by atoms with Gasteiger partial charge in [-0.05, 0) is 77.1 Å². The number of hydrogen-bond acceptors (Lipinski definition) is 6. The summed E-state index contributed by atoms with van der Waals surface area (Å²) in [5.41, 5.74) is 2.74. The van der Waals surface area contributed by atoms with Crippen molar-refractivity contribution in [3.63, 3.8) is 0 Å². The van der Waals surface area contributed by atoms with E-state index in [1.807, 2.05) is 76.2 Å². The fourth-order valence-electron chi connectivity index (χ4n) is 4.47. The van der Waals surface area contributed by atoms with Crippen LogP contribution in [-0.4, -0.2) is 59.6 Å². The zero-order valence-electron chi connectivity index (χ0n) is 26.3. The number of alkyl carbamates (subject to hydrolysis) is 1. The first-order chi connectivity index (χ1) is 19.8. The Labute approximate surface area is 250 Å². The zero-order chi connectivity index (χ0) is 31.4. The molecule has 42 heavy (non-hydrogen) atoms. The Bertz CT molecular complexity index is 1210. The molecule has 9 nitrogen and oxygen atoms in total. The molecule has 0 bridgehead atoms. The fourth-order valence-corrected chi connectivity index (χ4v) is 4.47. The summed E-state index contributed by atoms with van der Waals surface area (Å²) in [5, 5.41) is 5.61. The van der Waals surface area contributed by atoms with Crippen LogP contribution >= 0.6 is 0 Å². The highest BCUT2D eigenvalue weighted by molar-refractivity contribution is 5.92. The first-order valence-electron chi connectivity index (χ1n) is 14.6. The van der Waals surface area contributed by atoms with Gasteiger partial charge in [0, 0.05) is 19.0 Å². The number of benzene rings is 2. The molecule has 230 valence electrons. The van der Waals surface area contributed by atoms with Crippen molar-refractivity contribution >= 4 is 23.9 Å². The molecular weight excluding hydrogens is 534 g/mol. The van der Waals surface area contributed by atoms with Gasteiger partial charge in [0.05, 0.1) is 13.0 Å². The van der Waals surface area contributed by atoms with Crippen LogP contribution in [0.3, 0.4) is 0 Å². The van der Waals surface area contributed by atoms with Gasteiger partial charge in [-0.1, -0.05) is 55.5 Å². The molecule has 3 unspecified atom stereocenters. The van der Waals surface area contributed by atoms with Gasteiger partial charge < -0.3 is 25.0 Å². The average molecular weight is 582 g/mol. The third-order valence-electron chi connectivity index (χ3n) is 6.90. The van der Waals surface area contributed by atoms with Gasteiger partial charge in [-0.2, -0.15) is 0 Å². The largest absolute Gasteiger partial charge is 0.466 e. The van der Waals surface area contributed by atoms with E-state index in [2.05, 4.69) is 10.6 Å². The second kappa shape index (κ2) is 15.9. The van der Waals surface area contributed by atoms with Crippen LogP contribution in [0.2, 0.25) is 0 Å². The Balaban J connectivity index is 2.55. The van der Waals surface area contributed by atoms with Gasteiger partial charge in [-0.25, -0.2) is 4.79 Å². The number of carbonyl (C=O) groups is 4. The van der Waals surface area contributed by atoms with Crippen molar-refractivity contribution in [1.29, 1.82) is 0 Å². The summed E-state index contributed by atoms with van der Waals surface area (Å²) in [6, 6.07) is 12.7. The quantitative estimate of drug-likeness (QED) is 0.315. The molecule has 0 saturated heterocycles. The molecule has 0 spiro atoms. The standard InChI is InChI=1S/C33H47N3O6/c1-9-24(5)36(31(39)27(21-25-14-12-11-13-15-25)35-32(40)42-33(6,7)8)29(26-17-16-22(3)23(4)20-26)30(38)34-19-18-28(37)41-10-2/h11-17,20,24,27,29H,9-10,18-19,21H2,1-8H3,(H,34,38)(H,35,40). The summed E-state index contributed by atoms with van der Waals surface area (Å²) in [5.74, 6) is -1.25. The molecule has 2 rings (SSSR count). The number of nitrogens with one attached hydrogen (secondary N) is 2. The topological polar surface area (TPSA) is 114 Å². The molecule has 3 atom stereocenters. The molecule has 0 aliphatic rings. The molecule has 2 aromatic rings. The van der Waals surface area contributed by atoms with Crippen molar-refractivity contribution in [3.8, 4) is 0 Å². The van der Waals surface area contributed by atoms with Gasteiger partial charge in [-0.15, -0.1) is 0 Å². The van der Waals surface area contributed by atoms with Crippen LogP contribution in [-0.2, 0) is 30.3 Å². The molecular formula is C33H47N3O6. The number of carbonyl (C=O) groups excluding carboxylic acids is 4. The molecule has 0 aliphatic heterocycles. The average Bonchev–Trinajstić information content (AvgIpc) is 2.91. The lowest BCUT2D eigenvalue weighted by atomic mass is 9.95. The van der Waals surface area contributed by atoms with Gasteiger partial charge in [-0.3, -0.25) is 14.4 Å². The number of esters is 1. The predicted molar refractivity (Wildman–Crippen MR) is 163 cm³/mol. The highest BCUT2D eigenvalue weighted by Gasteiger charge is 2.38. The number of hydrogen-bond donors (Lipinski definition) is 2. The van der Waals surface area contributed by atoms with Gasteiger partial charge >= 0.3 is 12.1 Å². The summed E-state index contributed by atoms with van der Waals surface area (Å²) in [6.07, 6.45) is 0.0549. The van der Waals surface area contributed by atoms with Gasteiger partial charge in [0.25, 0.3) is 0 Å². The second-order valence-corrected chi connectivity index (χ2v) is 11.5. The Kier molecular flexibility index (Phi) is 13.0. The van der Waals surface area contributed by atoms with Crippen molar-refractivity contribution in [2.24, 2.45) is 0 Å². The summed E-state index contributed by atoms with van der Waals surface area (Å²) in [6.45, 7) is 15.0. The Morgan fingerprint density at radius 2 is 1.62 bits per heavy atom. The lowest BCUT2D eigenvalue weighted by molar-refractivity contribution is -0.146. The molecule has 2 N–H and O–H groups in total. The maximum Gasteiger partial charge on any atom is 0.408 e. The van der Waals surface area contributed by atoms with Crippen molar-refractivity contribution in [2.75, 3.05) is 13.2 Å². The minimum atomic E-state index is -1.01. The van der Waals surface area contributed by atoms with Crippen molar-refractivity contribution in [2.45, 2.75) is 98.4 Å². The Morgan fingerprint density at radius 3 is 2.19 bits per heavy atom. The van der Waals surface area contributed by atoms with Crippen LogP contribution in [0.4, 0.5) is 4.79 Å². The molecule has 3 amide bonds. The third kappa shape index (κ3) is 10.5. The minimum Gasteiger partial charge on any atom is -0.466 e. The SMILES string of the molecule is CCOC(=O)CCNC(=O)C(c1ccc(C)c(C)c1)N(C(=O)C(Cc1ccccc1)NC(=O)OC(C)(C)C)C(C)CC. The van der Waals surface area contributed by atoms with Crippen LogP contribution in [0, 0.1) is 13.8 Å². The molecule has 9 heteroatoms. The number of aryl methyl sites for hydroxylation is 2. The van der Waals surface area contributed by atoms with E-state index in [9.17, 15) is 19.2 Å². The molecule has 2 aromatic carbocycles. The number of nitrogens with zero attached hydrogens (tertiary/aromatic N) is 1. The van der Waals surface area contributed by atoms with Gasteiger partial charge in [0.15, 0.2) is 0 Å². The maximum atomic E-state index is 14.5. The van der Waals surface area contributed by atoms with Crippen molar-refractivity contribution in [3.05, 3.63) is 70.8 Å². The predicted octanol–water partition coefficient (Wildman–Crippen LogP) is 5.18. The summed E-state index contributed by atoms with van der Waals surface area (Å²) >= 11 is 0. The lowest BCUT2D eigenvalue weighted by Crippen LogP contribution is -2.56. The first kappa shape index (κ1) is 34.3. The highest BCUT2D eigenvalue weighted by atomic mass is 16.6. The summed E-state index contributed by atoms with van der Waals surface area (Å²) in [4.78, 5) is 54.7. The lowest BCUT2D eigenvalue weighted by Gasteiger charge is -2.38. The van der Waals surface area contributed by atoms with Gasteiger partial charge in [0.1, 0.15) is 17.7 Å². The highest BCUT2D eigenvalue weighted by Crippen LogP contribution is 2.28. The van der Waals surface area contributed by atoms with Crippen LogP contribution in [0.15, 0.2) is 48.5 Å². The zero-order valence-corrected chi connectivity index (χ0v) is 26.3. The van der Waals surface area contributed by atoms with Crippen LogP contribution in [0.5, 0.6) is 0 Å². The summed E-state index contributed by atoms with van der Waals surface area (Å²) < 4.78 is 10.5. The maximum absolute atomic E-state index is 14.5. The van der Waals surface area contributed by atoms with Gasteiger partial charge in [0.2, 0.25) is 11.8 Å². The van der Waals surface area contributed by atoms with E-state index in [1.165, 1.54) is 0 Å². The van der Waals surface area contributed by atoms with Crippen LogP contribution < -0.4 is 10.6 Å². The summed E-state index contributed by atoms with van der Waals surface area (Å²) in [7, 11) is 0. The molecule has 0 saturated carbocycles. The van der Waals surface area contributed by atoms with E-state index in [0.29, 0.717) is 12.0 Å². The molecule has 0 radical (unpaired) electrons. The van der Waals surface area contributed by atoms with E-state index >= 15 is 0 Å². The monoisotopic (exact) mass is 581 g/mol. The molecule has 0 heterocycles. The minimum absolute atomic E-state index is 0.00728. The van der Waals surface area contributed by atoms with Crippen LogP contribution in [0.1, 0.15) is 82.7 Å². The van der Waals surface area contributed by atoms with E-state index < -0.39 is 41.6 Å². The van der Waals surface area contributed by atoms with E-state index in [4.69, 9.17) is 9.47 Å². The smallest absolute Gasteiger partial charge is 0.408 e. The number of amides is 3. The molecule has 0 fully saturated rings. The first-order valence-corrected chi connectivity index (χ1v) is 14.6. The normalized spacial score (nSPS) is 13.3. The number of ether oxygens (including phenoxy) is 2. The third-order valence-corrected chi connectivity index (χ3v) is 6.90. The molecule has 0 aromatic heterocycles. The number of rotatable bonds is 13. The van der Waals surface area contributed by atoms with Crippen molar-refractivity contribution in [1.82, 2.24) is 15.5 Å². The van der Waals surface area contributed by atoms with E-state index in [-0.39, 0.29) is 32.0 Å². The van der Waals surface area contributed by atoms with Crippen molar-refractivity contribution < 1.29 is 28.7 Å². The molecule has 0 aliphatic carbocycles. The second-order valence-electron chi connectivity index (χ2n) is 11.5. The Hall–Kier alpha value is -3.88. The Morgan fingerprint density at radius 1 is 0.952 bits per heavy atom.